The fourth-order valence-corrected chi connectivity index (χ4v) is 1.53. The minimum absolute atomic E-state index is 0.219. The number of hydrogen-bond donors (Lipinski definition) is 2. The summed E-state index contributed by atoms with van der Waals surface area (Å²) in [6.07, 6.45) is 0.910. The molecule has 0 amide bonds. The van der Waals surface area contributed by atoms with Crippen LogP contribution < -0.4 is 11.1 Å². The zero-order valence-electron chi connectivity index (χ0n) is 9.63. The van der Waals surface area contributed by atoms with Crippen LogP contribution in [0.25, 0.3) is 0 Å². The normalized spacial score (nSPS) is 14.8. The molecule has 0 aliphatic carbocycles. The van der Waals surface area contributed by atoms with Gasteiger partial charge in [-0.3, -0.25) is 0 Å². The first-order valence-corrected chi connectivity index (χ1v) is 5.49. The van der Waals surface area contributed by atoms with Crippen molar-refractivity contribution in [2.45, 2.75) is 32.4 Å². The summed E-state index contributed by atoms with van der Waals surface area (Å²) < 4.78 is 26.5. The van der Waals surface area contributed by atoms with Gasteiger partial charge in [0.15, 0.2) is 0 Å². The molecular formula is C12H18F2N2. The molecule has 0 saturated heterocycles. The maximum absolute atomic E-state index is 13.5. The van der Waals surface area contributed by atoms with Crippen molar-refractivity contribution in [2.75, 3.05) is 6.54 Å². The summed E-state index contributed by atoms with van der Waals surface area (Å²) in [6.45, 7) is 4.25. The predicted octanol–water partition coefficient (Wildman–Crippen LogP) is 2.35. The molecule has 0 heterocycles. The lowest BCUT2D eigenvalue weighted by molar-refractivity contribution is 0.435. The molecule has 1 aromatic rings. The highest BCUT2D eigenvalue weighted by molar-refractivity contribution is 5.22. The summed E-state index contributed by atoms with van der Waals surface area (Å²) in [7, 11) is 0. The molecule has 2 unspecified atom stereocenters. The van der Waals surface area contributed by atoms with Gasteiger partial charge < -0.3 is 11.1 Å². The summed E-state index contributed by atoms with van der Waals surface area (Å²) in [5.74, 6) is -0.867. The molecule has 0 radical (unpaired) electrons. The Hall–Kier alpha value is -1.00. The Kier molecular flexibility index (Phi) is 4.83. The lowest BCUT2D eigenvalue weighted by atomic mass is 10.0. The van der Waals surface area contributed by atoms with E-state index in [2.05, 4.69) is 5.32 Å². The van der Waals surface area contributed by atoms with Crippen molar-refractivity contribution in [3.05, 3.63) is 35.4 Å². The van der Waals surface area contributed by atoms with E-state index in [0.717, 1.165) is 18.6 Å². The Labute approximate surface area is 94.8 Å². The van der Waals surface area contributed by atoms with Gasteiger partial charge in [-0.05, 0) is 31.5 Å². The highest BCUT2D eigenvalue weighted by atomic mass is 19.1. The van der Waals surface area contributed by atoms with E-state index in [1.807, 2.05) is 13.8 Å². The molecule has 1 aromatic carbocycles. The molecule has 0 fully saturated rings. The minimum atomic E-state index is -0.444. The Morgan fingerprint density at radius 2 is 2.06 bits per heavy atom. The molecule has 16 heavy (non-hydrogen) atoms. The van der Waals surface area contributed by atoms with E-state index in [9.17, 15) is 8.78 Å². The van der Waals surface area contributed by atoms with Gasteiger partial charge in [0.2, 0.25) is 0 Å². The fourth-order valence-electron chi connectivity index (χ4n) is 1.53. The summed E-state index contributed by atoms with van der Waals surface area (Å²) in [6, 6.07) is 3.31. The summed E-state index contributed by atoms with van der Waals surface area (Å²) in [5, 5.41) is 3.17. The van der Waals surface area contributed by atoms with Crippen LogP contribution in [-0.2, 0) is 0 Å². The van der Waals surface area contributed by atoms with Crippen LogP contribution in [0.4, 0.5) is 8.78 Å². The molecule has 0 aliphatic heterocycles. The second kappa shape index (κ2) is 5.92. The van der Waals surface area contributed by atoms with E-state index >= 15 is 0 Å². The molecule has 0 spiro atoms. The second-order valence-corrected chi connectivity index (χ2v) is 3.93. The first-order valence-electron chi connectivity index (χ1n) is 5.49. The largest absolute Gasteiger partial charge is 0.329 e. The van der Waals surface area contributed by atoms with Crippen molar-refractivity contribution in [1.29, 1.82) is 0 Å². The van der Waals surface area contributed by atoms with Crippen LogP contribution in [0.1, 0.15) is 31.9 Å². The third kappa shape index (κ3) is 3.25. The molecule has 0 aliphatic rings. The molecule has 90 valence electrons. The number of nitrogens with one attached hydrogen (secondary N) is 1. The maximum atomic E-state index is 13.5. The zero-order chi connectivity index (χ0) is 12.1. The quantitative estimate of drug-likeness (QED) is 0.812. The van der Waals surface area contributed by atoms with Gasteiger partial charge >= 0.3 is 0 Å². The standard InChI is InChI=1S/C12H18F2N2/c1-3-8(2)16-12(7-15)10-6-9(13)4-5-11(10)14/h4-6,8,12,16H,3,7,15H2,1-2H3. The Balaban J connectivity index is 2.89. The van der Waals surface area contributed by atoms with Gasteiger partial charge in [-0.25, -0.2) is 8.78 Å². The van der Waals surface area contributed by atoms with Gasteiger partial charge in [0, 0.05) is 24.2 Å². The van der Waals surface area contributed by atoms with Crippen molar-refractivity contribution in [3.63, 3.8) is 0 Å². The molecule has 0 saturated carbocycles. The first-order chi connectivity index (χ1) is 7.58. The number of benzene rings is 1. The SMILES string of the molecule is CCC(C)NC(CN)c1cc(F)ccc1F. The third-order valence-electron chi connectivity index (χ3n) is 2.67. The van der Waals surface area contributed by atoms with Crippen molar-refractivity contribution in [3.8, 4) is 0 Å². The lowest BCUT2D eigenvalue weighted by Gasteiger charge is -2.22. The predicted molar refractivity (Wildman–Crippen MR) is 61.0 cm³/mol. The molecule has 1 rings (SSSR count). The highest BCUT2D eigenvalue weighted by Gasteiger charge is 2.16. The van der Waals surface area contributed by atoms with Gasteiger partial charge in [-0.15, -0.1) is 0 Å². The number of rotatable bonds is 5. The van der Waals surface area contributed by atoms with E-state index in [0.29, 0.717) is 5.56 Å². The highest BCUT2D eigenvalue weighted by Crippen LogP contribution is 2.18. The summed E-state index contributed by atoms with van der Waals surface area (Å²) in [5.41, 5.74) is 5.87. The molecule has 4 heteroatoms. The van der Waals surface area contributed by atoms with Crippen LogP contribution in [0, 0.1) is 11.6 Å². The Morgan fingerprint density at radius 1 is 1.38 bits per heavy atom. The minimum Gasteiger partial charge on any atom is -0.329 e. The van der Waals surface area contributed by atoms with Gasteiger partial charge in [0.25, 0.3) is 0 Å². The van der Waals surface area contributed by atoms with E-state index in [1.165, 1.54) is 6.07 Å². The third-order valence-corrected chi connectivity index (χ3v) is 2.67. The smallest absolute Gasteiger partial charge is 0.128 e. The van der Waals surface area contributed by atoms with Crippen molar-refractivity contribution in [1.82, 2.24) is 5.32 Å². The van der Waals surface area contributed by atoms with Crippen LogP contribution in [0.15, 0.2) is 18.2 Å². The lowest BCUT2D eigenvalue weighted by Crippen LogP contribution is -2.35. The van der Waals surface area contributed by atoms with Crippen molar-refractivity contribution < 1.29 is 8.78 Å². The van der Waals surface area contributed by atoms with E-state index in [-0.39, 0.29) is 18.6 Å². The monoisotopic (exact) mass is 228 g/mol. The maximum Gasteiger partial charge on any atom is 0.128 e. The molecule has 2 atom stereocenters. The van der Waals surface area contributed by atoms with Gasteiger partial charge in [0.1, 0.15) is 11.6 Å². The van der Waals surface area contributed by atoms with E-state index in [4.69, 9.17) is 5.73 Å². The Morgan fingerprint density at radius 3 is 2.62 bits per heavy atom. The number of hydrogen-bond acceptors (Lipinski definition) is 2. The Bertz CT molecular complexity index is 342. The van der Waals surface area contributed by atoms with E-state index in [1.54, 1.807) is 0 Å². The number of halogens is 2. The number of nitrogens with two attached hydrogens (primary N) is 1. The summed E-state index contributed by atoms with van der Waals surface area (Å²) in [4.78, 5) is 0. The van der Waals surface area contributed by atoms with Gasteiger partial charge in [-0.2, -0.15) is 0 Å². The average Bonchev–Trinajstić information content (AvgIpc) is 2.29. The molecule has 0 aromatic heterocycles. The second-order valence-electron chi connectivity index (χ2n) is 3.93. The van der Waals surface area contributed by atoms with Crippen molar-refractivity contribution >= 4 is 0 Å². The molecule has 0 bridgehead atoms. The first kappa shape index (κ1) is 13.1. The molecule has 2 nitrogen and oxygen atoms in total. The van der Waals surface area contributed by atoms with Crippen LogP contribution in [0.2, 0.25) is 0 Å². The summed E-state index contributed by atoms with van der Waals surface area (Å²) >= 11 is 0. The fraction of sp³-hybridized carbons (Fsp3) is 0.500. The van der Waals surface area contributed by atoms with Crippen LogP contribution in [0.3, 0.4) is 0 Å². The van der Waals surface area contributed by atoms with Crippen LogP contribution in [0.5, 0.6) is 0 Å². The van der Waals surface area contributed by atoms with Gasteiger partial charge in [-0.1, -0.05) is 6.92 Å². The zero-order valence-corrected chi connectivity index (χ0v) is 9.63. The molecular weight excluding hydrogens is 210 g/mol. The molecule has 3 N–H and O–H groups in total. The van der Waals surface area contributed by atoms with Crippen LogP contribution in [-0.4, -0.2) is 12.6 Å². The average molecular weight is 228 g/mol. The topological polar surface area (TPSA) is 38.0 Å². The van der Waals surface area contributed by atoms with E-state index < -0.39 is 11.6 Å². The van der Waals surface area contributed by atoms with Crippen LogP contribution >= 0.6 is 0 Å². The van der Waals surface area contributed by atoms with Crippen molar-refractivity contribution in [2.24, 2.45) is 5.73 Å². The van der Waals surface area contributed by atoms with Gasteiger partial charge in [0.05, 0.1) is 0 Å².